The van der Waals surface area contributed by atoms with Crippen molar-refractivity contribution in [3.63, 3.8) is 0 Å². The first kappa shape index (κ1) is 11.9. The van der Waals surface area contributed by atoms with Gasteiger partial charge in [0.25, 0.3) is 0 Å². The molecule has 16 heavy (non-hydrogen) atoms. The molecule has 1 heterocycles. The van der Waals surface area contributed by atoms with E-state index in [0.717, 1.165) is 17.0 Å². The Morgan fingerprint density at radius 3 is 3.12 bits per heavy atom. The largest absolute Gasteiger partial charge is 0.317 e. The van der Waals surface area contributed by atoms with Crippen LogP contribution in [-0.2, 0) is 0 Å². The van der Waals surface area contributed by atoms with Gasteiger partial charge >= 0.3 is 0 Å². The molecule has 1 N–H and O–H groups in total. The zero-order chi connectivity index (χ0) is 11.2. The maximum Gasteiger partial charge on any atom is 0.0959 e. The zero-order valence-corrected chi connectivity index (χ0v) is 10.7. The first-order valence-corrected chi connectivity index (χ1v) is 7.10. The van der Waals surface area contributed by atoms with E-state index in [1.807, 2.05) is 24.0 Å². The van der Waals surface area contributed by atoms with Crippen molar-refractivity contribution in [3.05, 3.63) is 24.4 Å². The van der Waals surface area contributed by atoms with Gasteiger partial charge in [-0.25, -0.2) is 4.98 Å². The van der Waals surface area contributed by atoms with E-state index in [9.17, 15) is 0 Å². The second kappa shape index (κ2) is 6.26. The summed E-state index contributed by atoms with van der Waals surface area (Å²) in [6.45, 7) is 0. The quantitative estimate of drug-likeness (QED) is 0.796. The van der Waals surface area contributed by atoms with Gasteiger partial charge in [0, 0.05) is 12.2 Å². The van der Waals surface area contributed by atoms with Crippen molar-refractivity contribution in [2.75, 3.05) is 12.8 Å². The van der Waals surface area contributed by atoms with E-state index < -0.39 is 0 Å². The Kier molecular flexibility index (Phi) is 4.67. The fraction of sp³-hybridized carbons (Fsp3) is 0.615. The Labute approximate surface area is 102 Å². The lowest BCUT2D eigenvalue weighted by molar-refractivity contribution is 0.417. The molecule has 1 aliphatic rings. The van der Waals surface area contributed by atoms with Gasteiger partial charge < -0.3 is 5.32 Å². The first-order valence-electron chi connectivity index (χ1n) is 6.11. The number of hydrogen-bond acceptors (Lipinski definition) is 3. The van der Waals surface area contributed by atoms with Gasteiger partial charge in [-0.05, 0) is 50.1 Å². The Morgan fingerprint density at radius 1 is 1.44 bits per heavy atom. The van der Waals surface area contributed by atoms with Gasteiger partial charge in [0.15, 0.2) is 0 Å². The second-order valence-electron chi connectivity index (χ2n) is 4.39. The van der Waals surface area contributed by atoms with Crippen LogP contribution in [0.15, 0.2) is 29.4 Å². The zero-order valence-electron chi connectivity index (χ0n) is 9.86. The molecular weight excluding hydrogens is 216 g/mol. The van der Waals surface area contributed by atoms with Crippen LogP contribution in [0.25, 0.3) is 0 Å². The molecule has 0 aromatic carbocycles. The second-order valence-corrected chi connectivity index (χ2v) is 5.51. The van der Waals surface area contributed by atoms with Crippen LogP contribution in [0.3, 0.4) is 0 Å². The van der Waals surface area contributed by atoms with E-state index in [0.29, 0.717) is 0 Å². The molecule has 0 aliphatic heterocycles. The van der Waals surface area contributed by atoms with Gasteiger partial charge in [0.1, 0.15) is 0 Å². The average Bonchev–Trinajstić information content (AvgIpc) is 2.78. The lowest BCUT2D eigenvalue weighted by Gasteiger charge is -2.18. The molecule has 0 saturated heterocycles. The third-order valence-corrected chi connectivity index (χ3v) is 4.38. The van der Waals surface area contributed by atoms with Crippen LogP contribution in [0, 0.1) is 5.92 Å². The molecule has 1 fully saturated rings. The first-order chi connectivity index (χ1) is 7.90. The number of nitrogens with one attached hydrogen (secondary N) is 1. The number of hydrogen-bond donors (Lipinski definition) is 1. The monoisotopic (exact) mass is 236 g/mol. The molecule has 0 amide bonds. The van der Waals surface area contributed by atoms with Crippen molar-refractivity contribution >= 4 is 11.8 Å². The molecule has 2 atom stereocenters. The fourth-order valence-corrected chi connectivity index (χ4v) is 3.45. The average molecular weight is 236 g/mol. The van der Waals surface area contributed by atoms with Crippen LogP contribution in [0.5, 0.6) is 0 Å². The Bertz CT molecular complexity index is 302. The predicted octanol–water partition coefficient (Wildman–Crippen LogP) is 2.95. The summed E-state index contributed by atoms with van der Waals surface area (Å²) in [6, 6.07) is 6.87. The van der Waals surface area contributed by atoms with E-state index in [-0.39, 0.29) is 0 Å². The topological polar surface area (TPSA) is 24.9 Å². The fourth-order valence-electron chi connectivity index (χ4n) is 2.51. The molecule has 1 aliphatic carbocycles. The van der Waals surface area contributed by atoms with Gasteiger partial charge in [-0.15, -0.1) is 11.8 Å². The number of pyridine rings is 1. The minimum Gasteiger partial charge on any atom is -0.317 e. The summed E-state index contributed by atoms with van der Waals surface area (Å²) in [5.41, 5.74) is 0. The normalized spacial score (nSPS) is 24.8. The van der Waals surface area contributed by atoms with Crippen molar-refractivity contribution in [1.29, 1.82) is 0 Å². The number of thioether (sulfide) groups is 1. The molecule has 3 heteroatoms. The Morgan fingerprint density at radius 2 is 2.38 bits per heavy atom. The molecule has 0 radical (unpaired) electrons. The number of aromatic nitrogens is 1. The van der Waals surface area contributed by atoms with Crippen molar-refractivity contribution in [2.24, 2.45) is 5.92 Å². The van der Waals surface area contributed by atoms with E-state index >= 15 is 0 Å². The molecule has 2 rings (SSSR count). The molecule has 2 unspecified atom stereocenters. The third-order valence-electron chi connectivity index (χ3n) is 3.41. The van der Waals surface area contributed by atoms with Crippen molar-refractivity contribution in [3.8, 4) is 0 Å². The molecule has 2 nitrogen and oxygen atoms in total. The van der Waals surface area contributed by atoms with E-state index in [4.69, 9.17) is 0 Å². The highest BCUT2D eigenvalue weighted by Gasteiger charge is 2.25. The highest BCUT2D eigenvalue weighted by atomic mass is 32.2. The summed E-state index contributed by atoms with van der Waals surface area (Å²) in [5, 5.41) is 4.59. The molecule has 1 aromatic heterocycles. The molecular formula is C13H20N2S. The minimum absolute atomic E-state index is 0.754. The highest BCUT2D eigenvalue weighted by molar-refractivity contribution is 7.99. The summed E-state index contributed by atoms with van der Waals surface area (Å²) >= 11 is 1.88. The van der Waals surface area contributed by atoms with Crippen LogP contribution in [-0.4, -0.2) is 23.8 Å². The Balaban J connectivity index is 1.72. The van der Waals surface area contributed by atoms with Gasteiger partial charge in [0.05, 0.1) is 5.03 Å². The summed E-state index contributed by atoms with van der Waals surface area (Å²) in [4.78, 5) is 4.33. The van der Waals surface area contributed by atoms with Gasteiger partial charge in [0.2, 0.25) is 0 Å². The van der Waals surface area contributed by atoms with E-state index in [1.165, 1.54) is 31.4 Å². The Hall–Kier alpha value is -0.540. The molecule has 1 saturated carbocycles. The summed E-state index contributed by atoms with van der Waals surface area (Å²) < 4.78 is 0. The van der Waals surface area contributed by atoms with Gasteiger partial charge in [-0.1, -0.05) is 12.5 Å². The van der Waals surface area contributed by atoms with Crippen LogP contribution >= 0.6 is 11.8 Å². The molecule has 1 aromatic rings. The van der Waals surface area contributed by atoms with Gasteiger partial charge in [-0.2, -0.15) is 0 Å². The van der Waals surface area contributed by atoms with Crippen LogP contribution in [0.2, 0.25) is 0 Å². The lowest BCUT2D eigenvalue weighted by atomic mass is 10.0. The predicted molar refractivity (Wildman–Crippen MR) is 69.8 cm³/mol. The lowest BCUT2D eigenvalue weighted by Crippen LogP contribution is -2.29. The van der Waals surface area contributed by atoms with E-state index in [2.05, 4.69) is 29.5 Å². The van der Waals surface area contributed by atoms with Crippen molar-refractivity contribution in [1.82, 2.24) is 10.3 Å². The smallest absolute Gasteiger partial charge is 0.0959 e. The summed E-state index contributed by atoms with van der Waals surface area (Å²) in [7, 11) is 2.09. The summed E-state index contributed by atoms with van der Waals surface area (Å²) in [5.74, 6) is 2.07. The highest BCUT2D eigenvalue weighted by Crippen LogP contribution is 2.30. The maximum absolute atomic E-state index is 4.33. The third kappa shape index (κ3) is 3.22. The number of nitrogens with zero attached hydrogens (tertiary/aromatic N) is 1. The van der Waals surface area contributed by atoms with Crippen LogP contribution in [0.4, 0.5) is 0 Å². The van der Waals surface area contributed by atoms with E-state index in [1.54, 1.807) is 0 Å². The molecule has 88 valence electrons. The molecule has 0 bridgehead atoms. The molecule has 0 spiro atoms. The summed E-state index contributed by atoms with van der Waals surface area (Å²) in [6.07, 6.45) is 7.33. The van der Waals surface area contributed by atoms with Crippen molar-refractivity contribution < 1.29 is 0 Å². The standard InChI is InChI=1S/C13H20N2S/c1-14-12-6-4-5-11(12)8-10-16-13-7-2-3-9-15-13/h2-3,7,9,11-12,14H,4-6,8,10H2,1H3. The maximum atomic E-state index is 4.33. The van der Waals surface area contributed by atoms with Crippen LogP contribution < -0.4 is 5.32 Å². The van der Waals surface area contributed by atoms with Crippen LogP contribution in [0.1, 0.15) is 25.7 Å². The van der Waals surface area contributed by atoms with Crippen molar-refractivity contribution in [2.45, 2.75) is 36.8 Å². The number of rotatable bonds is 5. The SMILES string of the molecule is CNC1CCCC1CCSc1ccccn1. The minimum atomic E-state index is 0.754. The van der Waals surface area contributed by atoms with Gasteiger partial charge in [-0.3, -0.25) is 0 Å².